The molecule has 1 unspecified atom stereocenters. The van der Waals surface area contributed by atoms with Gasteiger partial charge in [0.25, 0.3) is 0 Å². The van der Waals surface area contributed by atoms with Gasteiger partial charge >= 0.3 is 0 Å². The Kier molecular flexibility index (Phi) is 4.41. The van der Waals surface area contributed by atoms with Gasteiger partial charge in [0, 0.05) is 21.9 Å². The zero-order valence-electron chi connectivity index (χ0n) is 15.4. The molecule has 2 aliphatic heterocycles. The van der Waals surface area contributed by atoms with Crippen LogP contribution in [0.4, 0.5) is 5.69 Å². The Hall–Kier alpha value is -1.32. The number of hydrogen-bond acceptors (Lipinski definition) is 3. The highest BCUT2D eigenvalue weighted by Crippen LogP contribution is 2.57. The van der Waals surface area contributed by atoms with Crippen LogP contribution in [-0.4, -0.2) is 17.5 Å². The third-order valence-electron chi connectivity index (χ3n) is 4.79. The molecule has 0 saturated heterocycles. The molecular formula is C22H25NS2. The van der Waals surface area contributed by atoms with Crippen molar-refractivity contribution in [1.29, 1.82) is 0 Å². The Morgan fingerprint density at radius 1 is 1.00 bits per heavy atom. The van der Waals surface area contributed by atoms with Gasteiger partial charge in [-0.2, -0.15) is 0 Å². The van der Waals surface area contributed by atoms with Crippen LogP contribution < -0.4 is 4.90 Å². The van der Waals surface area contributed by atoms with Crippen LogP contribution in [0.3, 0.4) is 0 Å². The van der Waals surface area contributed by atoms with Crippen molar-refractivity contribution in [3.05, 3.63) is 70.1 Å². The Balaban J connectivity index is 1.95. The van der Waals surface area contributed by atoms with Gasteiger partial charge in [-0.05, 0) is 29.4 Å². The maximum atomic E-state index is 2.57. The van der Waals surface area contributed by atoms with Crippen LogP contribution in [0.1, 0.15) is 42.7 Å². The normalized spacial score (nSPS) is 19.4. The summed E-state index contributed by atoms with van der Waals surface area (Å²) in [5, 5.41) is 0.412. The summed E-state index contributed by atoms with van der Waals surface area (Å²) in [4.78, 5) is 4.07. The first-order chi connectivity index (χ1) is 12.0. The Morgan fingerprint density at radius 2 is 1.76 bits per heavy atom. The summed E-state index contributed by atoms with van der Waals surface area (Å²) < 4.78 is 0.219. The number of anilines is 1. The zero-order valence-corrected chi connectivity index (χ0v) is 17.0. The number of benzene rings is 2. The Bertz CT molecular complexity index is 818. The summed E-state index contributed by atoms with van der Waals surface area (Å²) in [5.74, 6) is 0. The largest absolute Gasteiger partial charge is 0.339 e. The SMILES string of the molecule is CSC1=C(c2ccccc2)N2CCc3cccc(c32)C1SC(C)(C)C. The standard InChI is InChI=1S/C22H25NS2/c1-22(2,3)25-20-17-12-8-11-16-13-14-23(18(16)17)19(21(20)24-4)15-9-6-5-7-10-15/h5-12,20H,13-14H2,1-4H3. The third kappa shape index (κ3) is 3.02. The molecule has 4 rings (SSSR count). The van der Waals surface area contributed by atoms with Gasteiger partial charge in [0.15, 0.2) is 0 Å². The first kappa shape index (κ1) is 17.1. The van der Waals surface area contributed by atoms with E-state index < -0.39 is 0 Å². The van der Waals surface area contributed by atoms with Crippen molar-refractivity contribution in [2.75, 3.05) is 17.7 Å². The van der Waals surface area contributed by atoms with Gasteiger partial charge in [-0.3, -0.25) is 0 Å². The van der Waals surface area contributed by atoms with Crippen LogP contribution in [-0.2, 0) is 6.42 Å². The lowest BCUT2D eigenvalue weighted by Crippen LogP contribution is -2.27. The number of nitrogens with zero attached hydrogens (tertiary/aromatic N) is 1. The van der Waals surface area contributed by atoms with Crippen molar-refractivity contribution < 1.29 is 0 Å². The fourth-order valence-corrected chi connectivity index (χ4v) is 6.33. The molecular weight excluding hydrogens is 342 g/mol. The molecule has 0 saturated carbocycles. The fraction of sp³-hybridized carbons (Fsp3) is 0.364. The molecule has 1 atom stereocenters. The van der Waals surface area contributed by atoms with Crippen LogP contribution in [0.2, 0.25) is 0 Å². The van der Waals surface area contributed by atoms with E-state index in [4.69, 9.17) is 0 Å². The van der Waals surface area contributed by atoms with Crippen LogP contribution >= 0.6 is 23.5 Å². The monoisotopic (exact) mass is 367 g/mol. The van der Waals surface area contributed by atoms with E-state index in [-0.39, 0.29) is 4.75 Å². The highest BCUT2D eigenvalue weighted by molar-refractivity contribution is 8.06. The smallest absolute Gasteiger partial charge is 0.0652 e. The Morgan fingerprint density at radius 3 is 2.44 bits per heavy atom. The fourth-order valence-electron chi connectivity index (χ4n) is 3.89. The molecule has 2 aromatic rings. The minimum atomic E-state index is 0.219. The molecule has 2 aromatic carbocycles. The minimum Gasteiger partial charge on any atom is -0.339 e. The molecule has 3 heteroatoms. The summed E-state index contributed by atoms with van der Waals surface area (Å²) in [6, 6.07) is 17.8. The second-order valence-electron chi connectivity index (χ2n) is 7.65. The summed E-state index contributed by atoms with van der Waals surface area (Å²) in [6.45, 7) is 8.07. The molecule has 0 fully saturated rings. The molecule has 130 valence electrons. The van der Waals surface area contributed by atoms with E-state index in [1.165, 1.54) is 33.0 Å². The molecule has 1 nitrogen and oxygen atoms in total. The van der Waals surface area contributed by atoms with Crippen molar-refractivity contribution in [1.82, 2.24) is 0 Å². The van der Waals surface area contributed by atoms with Gasteiger partial charge in [-0.15, -0.1) is 23.5 Å². The first-order valence-corrected chi connectivity index (χ1v) is 11.0. The van der Waals surface area contributed by atoms with Crippen molar-refractivity contribution in [3.8, 4) is 0 Å². The van der Waals surface area contributed by atoms with Gasteiger partial charge in [0.2, 0.25) is 0 Å². The predicted molar refractivity (Wildman–Crippen MR) is 114 cm³/mol. The van der Waals surface area contributed by atoms with Gasteiger partial charge in [0.1, 0.15) is 0 Å². The molecule has 0 aromatic heterocycles. The van der Waals surface area contributed by atoms with Crippen molar-refractivity contribution in [2.24, 2.45) is 0 Å². The molecule has 2 aliphatic rings. The Labute approximate surface area is 159 Å². The van der Waals surface area contributed by atoms with Crippen LogP contribution in [0.15, 0.2) is 53.4 Å². The number of para-hydroxylation sites is 1. The van der Waals surface area contributed by atoms with Gasteiger partial charge in [0.05, 0.1) is 10.9 Å². The van der Waals surface area contributed by atoms with E-state index in [0.717, 1.165) is 13.0 Å². The highest BCUT2D eigenvalue weighted by atomic mass is 32.2. The summed E-state index contributed by atoms with van der Waals surface area (Å²) >= 11 is 4.01. The summed E-state index contributed by atoms with van der Waals surface area (Å²) in [5.41, 5.74) is 7.24. The second kappa shape index (κ2) is 6.44. The van der Waals surface area contributed by atoms with E-state index in [9.17, 15) is 0 Å². The lowest BCUT2D eigenvalue weighted by Gasteiger charge is -2.39. The van der Waals surface area contributed by atoms with Crippen molar-refractivity contribution >= 4 is 34.9 Å². The average Bonchev–Trinajstić information content (AvgIpc) is 3.01. The van der Waals surface area contributed by atoms with Gasteiger partial charge in [-0.25, -0.2) is 0 Å². The van der Waals surface area contributed by atoms with E-state index in [1.54, 1.807) is 0 Å². The van der Waals surface area contributed by atoms with E-state index >= 15 is 0 Å². The number of hydrogen-bond donors (Lipinski definition) is 0. The first-order valence-electron chi connectivity index (χ1n) is 8.90. The van der Waals surface area contributed by atoms with E-state index in [0.29, 0.717) is 5.25 Å². The molecule has 25 heavy (non-hydrogen) atoms. The quantitative estimate of drug-likeness (QED) is 0.621. The molecule has 0 bridgehead atoms. The van der Waals surface area contributed by atoms with Crippen LogP contribution in [0.5, 0.6) is 0 Å². The van der Waals surface area contributed by atoms with Crippen molar-refractivity contribution in [2.45, 2.75) is 37.2 Å². The molecule has 0 radical (unpaired) electrons. The highest BCUT2D eigenvalue weighted by Gasteiger charge is 2.38. The maximum absolute atomic E-state index is 2.57. The summed E-state index contributed by atoms with van der Waals surface area (Å²) in [7, 11) is 0. The van der Waals surface area contributed by atoms with Crippen LogP contribution in [0, 0.1) is 0 Å². The lowest BCUT2D eigenvalue weighted by molar-refractivity contribution is 0.797. The van der Waals surface area contributed by atoms with E-state index in [1.807, 2.05) is 11.8 Å². The van der Waals surface area contributed by atoms with E-state index in [2.05, 4.69) is 92.2 Å². The number of rotatable bonds is 3. The maximum Gasteiger partial charge on any atom is 0.0652 e. The molecule has 2 heterocycles. The molecule has 0 N–H and O–H groups in total. The zero-order chi connectivity index (χ0) is 17.6. The van der Waals surface area contributed by atoms with Gasteiger partial charge in [-0.1, -0.05) is 69.3 Å². The third-order valence-corrected chi connectivity index (χ3v) is 7.24. The molecule has 0 aliphatic carbocycles. The van der Waals surface area contributed by atoms with Crippen LogP contribution in [0.25, 0.3) is 5.70 Å². The van der Waals surface area contributed by atoms with Gasteiger partial charge < -0.3 is 4.90 Å². The topological polar surface area (TPSA) is 3.24 Å². The molecule has 0 spiro atoms. The number of thioether (sulfide) groups is 2. The molecule has 0 amide bonds. The second-order valence-corrected chi connectivity index (χ2v) is 10.4. The summed E-state index contributed by atoms with van der Waals surface area (Å²) in [6.07, 6.45) is 3.38. The average molecular weight is 368 g/mol. The lowest BCUT2D eigenvalue weighted by atomic mass is 9.98. The predicted octanol–water partition coefficient (Wildman–Crippen LogP) is 6.37. The van der Waals surface area contributed by atoms with Crippen molar-refractivity contribution in [3.63, 3.8) is 0 Å². The minimum absolute atomic E-state index is 0.219.